The molecule has 4 heteroatoms. The molecular formula is C14H16N2OS. The first kappa shape index (κ1) is 12.8. The quantitative estimate of drug-likeness (QED) is 0.679. The Morgan fingerprint density at radius 3 is 2.83 bits per heavy atom. The Hall–Kier alpha value is -1.68. The van der Waals surface area contributed by atoms with E-state index < -0.39 is 0 Å². The number of rotatable bonds is 4. The zero-order valence-corrected chi connectivity index (χ0v) is 11.1. The predicted octanol–water partition coefficient (Wildman–Crippen LogP) is 2.53. The van der Waals surface area contributed by atoms with Crippen LogP contribution in [0.25, 0.3) is 0 Å². The van der Waals surface area contributed by atoms with Gasteiger partial charge in [0.15, 0.2) is 0 Å². The summed E-state index contributed by atoms with van der Waals surface area (Å²) >= 11 is 1.73. The van der Waals surface area contributed by atoms with Crippen molar-refractivity contribution in [1.82, 2.24) is 4.57 Å². The number of anilines is 1. The Morgan fingerprint density at radius 1 is 1.28 bits per heavy atom. The summed E-state index contributed by atoms with van der Waals surface area (Å²) in [5, 5.41) is 0. The van der Waals surface area contributed by atoms with Crippen LogP contribution >= 0.6 is 11.8 Å². The number of benzene rings is 1. The fraction of sp³-hybridized carbons (Fsp3) is 0.214. The molecule has 2 aromatic rings. The van der Waals surface area contributed by atoms with Crippen LogP contribution in [0, 0.1) is 6.92 Å². The number of aryl methyl sites for hydroxylation is 2. The van der Waals surface area contributed by atoms with Gasteiger partial charge in [-0.1, -0.05) is 6.07 Å². The maximum absolute atomic E-state index is 11.5. The molecule has 0 spiro atoms. The van der Waals surface area contributed by atoms with Gasteiger partial charge in [0, 0.05) is 35.1 Å². The molecule has 0 saturated carbocycles. The highest BCUT2D eigenvalue weighted by Crippen LogP contribution is 2.22. The minimum absolute atomic E-state index is 0.0478. The number of hydrogen-bond acceptors (Lipinski definition) is 3. The van der Waals surface area contributed by atoms with Crippen molar-refractivity contribution in [2.75, 3.05) is 11.5 Å². The number of nitrogen functional groups attached to an aromatic ring is 1. The molecule has 94 valence electrons. The topological polar surface area (TPSA) is 48.0 Å². The van der Waals surface area contributed by atoms with Gasteiger partial charge < -0.3 is 10.3 Å². The minimum Gasteiger partial charge on any atom is -0.399 e. The lowest BCUT2D eigenvalue weighted by molar-refractivity contribution is 0.735. The molecule has 0 amide bonds. The lowest BCUT2D eigenvalue weighted by Crippen LogP contribution is -2.18. The SMILES string of the molecule is Cc1cc(SCCn2ccccc2=O)ccc1N. The van der Waals surface area contributed by atoms with Crippen LogP contribution in [0.5, 0.6) is 0 Å². The van der Waals surface area contributed by atoms with Gasteiger partial charge in [0.05, 0.1) is 0 Å². The smallest absolute Gasteiger partial charge is 0.250 e. The molecule has 1 aromatic heterocycles. The Labute approximate surface area is 111 Å². The van der Waals surface area contributed by atoms with Crippen LogP contribution in [0.2, 0.25) is 0 Å². The average Bonchev–Trinajstić information content (AvgIpc) is 2.36. The van der Waals surface area contributed by atoms with Crippen LogP contribution in [-0.4, -0.2) is 10.3 Å². The first-order valence-corrected chi connectivity index (χ1v) is 6.80. The van der Waals surface area contributed by atoms with Gasteiger partial charge in [0.2, 0.25) is 0 Å². The van der Waals surface area contributed by atoms with Crippen LogP contribution in [0.15, 0.2) is 52.3 Å². The third-order valence-electron chi connectivity index (χ3n) is 2.74. The van der Waals surface area contributed by atoms with Crippen LogP contribution < -0.4 is 11.3 Å². The molecule has 0 bridgehead atoms. The van der Waals surface area contributed by atoms with E-state index in [-0.39, 0.29) is 5.56 Å². The first-order valence-electron chi connectivity index (χ1n) is 5.81. The van der Waals surface area contributed by atoms with Gasteiger partial charge in [0.25, 0.3) is 5.56 Å². The number of thioether (sulfide) groups is 1. The van der Waals surface area contributed by atoms with E-state index in [1.54, 1.807) is 28.5 Å². The third-order valence-corrected chi connectivity index (χ3v) is 3.72. The zero-order valence-electron chi connectivity index (χ0n) is 10.3. The summed E-state index contributed by atoms with van der Waals surface area (Å²) < 4.78 is 1.72. The lowest BCUT2D eigenvalue weighted by atomic mass is 10.2. The molecular weight excluding hydrogens is 244 g/mol. The zero-order chi connectivity index (χ0) is 13.0. The highest BCUT2D eigenvalue weighted by atomic mass is 32.2. The second-order valence-electron chi connectivity index (χ2n) is 4.10. The Morgan fingerprint density at radius 2 is 2.11 bits per heavy atom. The van der Waals surface area contributed by atoms with Crippen molar-refractivity contribution < 1.29 is 0 Å². The van der Waals surface area contributed by atoms with E-state index in [0.717, 1.165) is 17.0 Å². The van der Waals surface area contributed by atoms with E-state index in [1.165, 1.54) is 4.90 Å². The molecule has 2 N–H and O–H groups in total. The van der Waals surface area contributed by atoms with Crippen molar-refractivity contribution in [2.24, 2.45) is 0 Å². The fourth-order valence-corrected chi connectivity index (χ4v) is 2.59. The normalized spacial score (nSPS) is 10.5. The van der Waals surface area contributed by atoms with Crippen molar-refractivity contribution in [2.45, 2.75) is 18.4 Å². The van der Waals surface area contributed by atoms with Gasteiger partial charge in [-0.2, -0.15) is 0 Å². The fourth-order valence-electron chi connectivity index (χ4n) is 1.65. The van der Waals surface area contributed by atoms with Crippen LogP contribution in [0.1, 0.15) is 5.56 Å². The van der Waals surface area contributed by atoms with Crippen molar-refractivity contribution in [1.29, 1.82) is 0 Å². The van der Waals surface area contributed by atoms with Crippen molar-refractivity contribution in [3.63, 3.8) is 0 Å². The molecule has 0 aliphatic carbocycles. The highest BCUT2D eigenvalue weighted by molar-refractivity contribution is 7.99. The van der Waals surface area contributed by atoms with Crippen molar-refractivity contribution in [3.05, 3.63) is 58.5 Å². The maximum Gasteiger partial charge on any atom is 0.250 e. The molecule has 2 rings (SSSR count). The van der Waals surface area contributed by atoms with E-state index in [4.69, 9.17) is 5.73 Å². The Balaban J connectivity index is 1.95. The van der Waals surface area contributed by atoms with Crippen LogP contribution in [0.4, 0.5) is 5.69 Å². The highest BCUT2D eigenvalue weighted by Gasteiger charge is 1.99. The molecule has 18 heavy (non-hydrogen) atoms. The summed E-state index contributed by atoms with van der Waals surface area (Å²) in [5.41, 5.74) is 7.73. The average molecular weight is 260 g/mol. The number of aromatic nitrogens is 1. The second-order valence-corrected chi connectivity index (χ2v) is 5.27. The van der Waals surface area contributed by atoms with Crippen molar-refractivity contribution >= 4 is 17.4 Å². The number of nitrogens with zero attached hydrogens (tertiary/aromatic N) is 1. The summed E-state index contributed by atoms with van der Waals surface area (Å²) in [5.74, 6) is 0.868. The van der Waals surface area contributed by atoms with Crippen LogP contribution in [0.3, 0.4) is 0 Å². The molecule has 3 nitrogen and oxygen atoms in total. The van der Waals surface area contributed by atoms with Gasteiger partial charge in [-0.05, 0) is 36.8 Å². The lowest BCUT2D eigenvalue weighted by Gasteiger charge is -2.06. The standard InChI is InChI=1S/C14H16N2OS/c1-11-10-12(5-6-13(11)15)18-9-8-16-7-3-2-4-14(16)17/h2-7,10H,8-9,15H2,1H3. The Kier molecular flexibility index (Phi) is 4.10. The van der Waals surface area contributed by atoms with Gasteiger partial charge in [0.1, 0.15) is 0 Å². The number of hydrogen-bond donors (Lipinski definition) is 1. The monoisotopic (exact) mass is 260 g/mol. The molecule has 1 aromatic carbocycles. The summed E-state index contributed by atoms with van der Waals surface area (Å²) in [7, 11) is 0. The molecule has 0 atom stereocenters. The third kappa shape index (κ3) is 3.17. The van der Waals surface area contributed by atoms with Gasteiger partial charge in [-0.25, -0.2) is 0 Å². The summed E-state index contributed by atoms with van der Waals surface area (Å²) in [4.78, 5) is 12.7. The molecule has 0 radical (unpaired) electrons. The minimum atomic E-state index is 0.0478. The van der Waals surface area contributed by atoms with E-state index in [1.807, 2.05) is 31.3 Å². The maximum atomic E-state index is 11.5. The number of nitrogens with two attached hydrogens (primary N) is 1. The predicted molar refractivity (Wildman–Crippen MR) is 77.0 cm³/mol. The second kappa shape index (κ2) is 5.78. The summed E-state index contributed by atoms with van der Waals surface area (Å²) in [6.45, 7) is 2.72. The van der Waals surface area contributed by atoms with E-state index >= 15 is 0 Å². The number of pyridine rings is 1. The molecule has 0 unspecified atom stereocenters. The van der Waals surface area contributed by atoms with E-state index in [9.17, 15) is 4.79 Å². The first-order chi connectivity index (χ1) is 8.66. The van der Waals surface area contributed by atoms with E-state index in [0.29, 0.717) is 6.54 Å². The van der Waals surface area contributed by atoms with Gasteiger partial charge >= 0.3 is 0 Å². The summed E-state index contributed by atoms with van der Waals surface area (Å²) in [6.07, 6.45) is 1.82. The van der Waals surface area contributed by atoms with E-state index in [2.05, 4.69) is 6.07 Å². The molecule has 0 saturated heterocycles. The van der Waals surface area contributed by atoms with Gasteiger partial charge in [-0.3, -0.25) is 4.79 Å². The molecule has 0 aliphatic rings. The van der Waals surface area contributed by atoms with Crippen molar-refractivity contribution in [3.8, 4) is 0 Å². The Bertz CT molecular complexity index is 592. The summed E-state index contributed by atoms with van der Waals surface area (Å²) in [6, 6.07) is 11.2. The largest absolute Gasteiger partial charge is 0.399 e. The molecule has 0 fully saturated rings. The molecule has 1 heterocycles. The molecule has 0 aliphatic heterocycles. The van der Waals surface area contributed by atoms with Crippen LogP contribution in [-0.2, 0) is 6.54 Å². The van der Waals surface area contributed by atoms with Gasteiger partial charge in [-0.15, -0.1) is 11.8 Å².